The molecule has 0 atom stereocenters. The number of aromatic nitrogens is 2. The number of anilines is 2. The highest BCUT2D eigenvalue weighted by Crippen LogP contribution is 2.41. The van der Waals surface area contributed by atoms with E-state index < -0.39 is 11.6 Å². The van der Waals surface area contributed by atoms with Gasteiger partial charge in [-0.15, -0.1) is 11.3 Å². The average Bonchev–Trinajstić information content (AvgIpc) is 3.35. The summed E-state index contributed by atoms with van der Waals surface area (Å²) in [5, 5.41) is 0. The van der Waals surface area contributed by atoms with Crippen LogP contribution in [-0.2, 0) is 0 Å². The van der Waals surface area contributed by atoms with Gasteiger partial charge < -0.3 is 14.4 Å². The smallest absolute Gasteiger partial charge is 0.231 e. The molecule has 3 heterocycles. The van der Waals surface area contributed by atoms with Crippen molar-refractivity contribution in [3.63, 3.8) is 0 Å². The Morgan fingerprint density at radius 3 is 2.68 bits per heavy atom. The molecular formula is C20H13F2N3O2S. The molecule has 0 N–H and O–H groups in total. The maximum atomic E-state index is 13.6. The summed E-state index contributed by atoms with van der Waals surface area (Å²) in [5.41, 5.74) is 2.22. The zero-order chi connectivity index (χ0) is 19.3. The van der Waals surface area contributed by atoms with E-state index in [-0.39, 0.29) is 6.79 Å². The number of ether oxygens (including phenoxy) is 2. The van der Waals surface area contributed by atoms with Crippen molar-refractivity contribution in [2.75, 3.05) is 18.7 Å². The highest BCUT2D eigenvalue weighted by atomic mass is 32.1. The van der Waals surface area contributed by atoms with Gasteiger partial charge in [0.15, 0.2) is 29.0 Å². The van der Waals surface area contributed by atoms with Gasteiger partial charge >= 0.3 is 0 Å². The fraction of sp³-hybridized carbons (Fsp3) is 0.100. The van der Waals surface area contributed by atoms with Crippen LogP contribution in [-0.4, -0.2) is 23.8 Å². The third kappa shape index (κ3) is 2.73. The van der Waals surface area contributed by atoms with Crippen LogP contribution in [0.5, 0.6) is 11.5 Å². The summed E-state index contributed by atoms with van der Waals surface area (Å²) in [6.07, 6.45) is 1.49. The SMILES string of the molecule is CN(c1ccc2c(c1)OCO2)c1ncnc2cc(-c3ccc(F)c(F)c3)sc12. The summed E-state index contributed by atoms with van der Waals surface area (Å²) in [6.45, 7) is 0.211. The van der Waals surface area contributed by atoms with E-state index in [1.807, 2.05) is 36.2 Å². The molecule has 1 aliphatic rings. The van der Waals surface area contributed by atoms with Crippen LogP contribution in [0.1, 0.15) is 0 Å². The van der Waals surface area contributed by atoms with Crippen molar-refractivity contribution < 1.29 is 18.3 Å². The molecule has 2 aromatic heterocycles. The monoisotopic (exact) mass is 397 g/mol. The third-order valence-electron chi connectivity index (χ3n) is 4.56. The second-order valence-electron chi connectivity index (χ2n) is 6.25. The average molecular weight is 397 g/mol. The van der Waals surface area contributed by atoms with E-state index in [1.54, 1.807) is 6.07 Å². The van der Waals surface area contributed by atoms with E-state index >= 15 is 0 Å². The Hall–Kier alpha value is -3.26. The molecule has 0 aliphatic carbocycles. The van der Waals surface area contributed by atoms with Crippen molar-refractivity contribution in [3.8, 4) is 21.9 Å². The molecule has 4 aromatic rings. The molecule has 0 amide bonds. The number of halogens is 2. The molecule has 0 saturated carbocycles. The van der Waals surface area contributed by atoms with Gasteiger partial charge in [0.05, 0.1) is 10.2 Å². The molecule has 28 heavy (non-hydrogen) atoms. The van der Waals surface area contributed by atoms with Crippen LogP contribution < -0.4 is 14.4 Å². The van der Waals surface area contributed by atoms with Gasteiger partial charge in [0.25, 0.3) is 0 Å². The summed E-state index contributed by atoms with van der Waals surface area (Å²) < 4.78 is 38.5. The van der Waals surface area contributed by atoms with Crippen molar-refractivity contribution in [2.45, 2.75) is 0 Å². The molecule has 0 bridgehead atoms. The number of fused-ring (bicyclic) bond motifs is 2. The first kappa shape index (κ1) is 16.9. The van der Waals surface area contributed by atoms with E-state index in [0.29, 0.717) is 22.9 Å². The summed E-state index contributed by atoms with van der Waals surface area (Å²) in [6, 6.07) is 11.4. The molecule has 5 rings (SSSR count). The standard InChI is InChI=1S/C20H13F2N3O2S/c1-25(12-3-5-16-17(7-12)27-10-26-16)20-19-15(23-9-24-20)8-18(28-19)11-2-4-13(21)14(22)6-11/h2-9H,10H2,1H3. The van der Waals surface area contributed by atoms with Crippen LogP contribution in [0.2, 0.25) is 0 Å². The molecule has 1 aliphatic heterocycles. The first-order valence-corrected chi connectivity index (χ1v) is 9.25. The maximum Gasteiger partial charge on any atom is 0.231 e. The highest BCUT2D eigenvalue weighted by Gasteiger charge is 2.19. The lowest BCUT2D eigenvalue weighted by atomic mass is 10.2. The van der Waals surface area contributed by atoms with Gasteiger partial charge in [-0.3, -0.25) is 0 Å². The Morgan fingerprint density at radius 1 is 0.964 bits per heavy atom. The zero-order valence-electron chi connectivity index (χ0n) is 14.6. The summed E-state index contributed by atoms with van der Waals surface area (Å²) in [5.74, 6) is 0.361. The fourth-order valence-electron chi connectivity index (χ4n) is 3.09. The molecule has 0 unspecified atom stereocenters. The normalized spacial score (nSPS) is 12.5. The molecular weight excluding hydrogens is 384 g/mol. The Balaban J connectivity index is 1.58. The van der Waals surface area contributed by atoms with Crippen molar-refractivity contribution in [1.29, 1.82) is 0 Å². The first-order chi connectivity index (χ1) is 13.6. The third-order valence-corrected chi connectivity index (χ3v) is 5.73. The molecule has 2 aromatic carbocycles. The number of hydrogen-bond acceptors (Lipinski definition) is 6. The minimum Gasteiger partial charge on any atom is -0.454 e. The summed E-state index contributed by atoms with van der Waals surface area (Å²) in [4.78, 5) is 11.5. The lowest BCUT2D eigenvalue weighted by Gasteiger charge is -2.19. The van der Waals surface area contributed by atoms with Crippen molar-refractivity contribution in [2.24, 2.45) is 0 Å². The van der Waals surface area contributed by atoms with E-state index in [1.165, 1.54) is 23.7 Å². The van der Waals surface area contributed by atoms with Crippen LogP contribution in [0, 0.1) is 11.6 Å². The van der Waals surface area contributed by atoms with Gasteiger partial charge in [0, 0.05) is 23.7 Å². The van der Waals surface area contributed by atoms with Gasteiger partial charge in [0.2, 0.25) is 6.79 Å². The summed E-state index contributed by atoms with van der Waals surface area (Å²) >= 11 is 1.43. The fourth-order valence-corrected chi connectivity index (χ4v) is 4.22. The predicted octanol–water partition coefficient (Wildman–Crippen LogP) is 5.13. The Kier molecular flexibility index (Phi) is 3.87. The van der Waals surface area contributed by atoms with Crippen LogP contribution in [0.25, 0.3) is 20.7 Å². The second-order valence-corrected chi connectivity index (χ2v) is 7.30. The Labute approximate surface area is 162 Å². The Morgan fingerprint density at radius 2 is 1.82 bits per heavy atom. The van der Waals surface area contributed by atoms with Crippen LogP contribution in [0.4, 0.5) is 20.3 Å². The lowest BCUT2D eigenvalue weighted by Crippen LogP contribution is -2.11. The first-order valence-electron chi connectivity index (χ1n) is 8.43. The minimum absolute atomic E-state index is 0.211. The van der Waals surface area contributed by atoms with E-state index in [4.69, 9.17) is 9.47 Å². The van der Waals surface area contributed by atoms with Gasteiger partial charge in [-0.1, -0.05) is 6.07 Å². The van der Waals surface area contributed by atoms with Crippen molar-refractivity contribution in [1.82, 2.24) is 9.97 Å². The molecule has 0 saturated heterocycles. The lowest BCUT2D eigenvalue weighted by molar-refractivity contribution is 0.174. The molecule has 0 fully saturated rings. The van der Waals surface area contributed by atoms with E-state index in [0.717, 1.165) is 26.8 Å². The van der Waals surface area contributed by atoms with Gasteiger partial charge in [-0.25, -0.2) is 18.7 Å². The maximum absolute atomic E-state index is 13.6. The summed E-state index contributed by atoms with van der Waals surface area (Å²) in [7, 11) is 1.90. The van der Waals surface area contributed by atoms with Crippen LogP contribution in [0.3, 0.4) is 0 Å². The van der Waals surface area contributed by atoms with E-state index in [9.17, 15) is 8.78 Å². The number of benzene rings is 2. The quantitative estimate of drug-likeness (QED) is 0.479. The molecule has 0 radical (unpaired) electrons. The topological polar surface area (TPSA) is 47.5 Å². The molecule has 8 heteroatoms. The number of thiophene rings is 1. The van der Waals surface area contributed by atoms with Gasteiger partial charge in [0.1, 0.15) is 6.33 Å². The zero-order valence-corrected chi connectivity index (χ0v) is 15.5. The second kappa shape index (κ2) is 6.42. The van der Waals surface area contributed by atoms with Crippen molar-refractivity contribution >= 4 is 33.1 Å². The molecule has 0 spiro atoms. The number of nitrogens with zero attached hydrogens (tertiary/aromatic N) is 3. The Bertz CT molecular complexity index is 1210. The highest BCUT2D eigenvalue weighted by molar-refractivity contribution is 7.22. The predicted molar refractivity (Wildman–Crippen MR) is 103 cm³/mol. The molecule has 140 valence electrons. The molecule has 5 nitrogen and oxygen atoms in total. The van der Waals surface area contributed by atoms with Crippen LogP contribution >= 0.6 is 11.3 Å². The number of rotatable bonds is 3. The van der Waals surface area contributed by atoms with Gasteiger partial charge in [-0.05, 0) is 35.9 Å². The minimum atomic E-state index is -0.876. The van der Waals surface area contributed by atoms with Crippen LogP contribution in [0.15, 0.2) is 48.8 Å². The van der Waals surface area contributed by atoms with E-state index in [2.05, 4.69) is 9.97 Å². The van der Waals surface area contributed by atoms with Gasteiger partial charge in [-0.2, -0.15) is 0 Å². The largest absolute Gasteiger partial charge is 0.454 e. The number of hydrogen-bond donors (Lipinski definition) is 0. The van der Waals surface area contributed by atoms with Crippen molar-refractivity contribution in [3.05, 3.63) is 60.4 Å².